The minimum Gasteiger partial charge on any atom is -0.464 e. The molecule has 1 amide bonds. The lowest BCUT2D eigenvalue weighted by Gasteiger charge is -2.39. The normalized spacial score (nSPS) is 28.3. The standard InChI is InChI=1S/C25H37Cl2N3O5/c1-2-34-25(33)20(15-17-7-4-3-5-8-17)29-24(32)18-16-19(26)23(21(27)22(18)31)35-14-6-11-30-12-9-28-10-13-30/h3-5,7-8,18-23,28,31H,2,6,9-16H2,1H3,(H,29,32)/t18?,19?,20-,21?,22?,23?/m0/s1. The summed E-state index contributed by atoms with van der Waals surface area (Å²) >= 11 is 13.1. The van der Waals surface area contributed by atoms with Gasteiger partial charge in [-0.2, -0.15) is 0 Å². The van der Waals surface area contributed by atoms with Crippen LogP contribution >= 0.6 is 23.2 Å². The second kappa shape index (κ2) is 14.4. The summed E-state index contributed by atoms with van der Waals surface area (Å²) in [6.45, 7) is 7.35. The first-order chi connectivity index (χ1) is 16.9. The minimum absolute atomic E-state index is 0.196. The predicted molar refractivity (Wildman–Crippen MR) is 136 cm³/mol. The van der Waals surface area contributed by atoms with Crippen LogP contribution in [0.3, 0.4) is 0 Å². The van der Waals surface area contributed by atoms with Gasteiger partial charge >= 0.3 is 5.97 Å². The van der Waals surface area contributed by atoms with Gasteiger partial charge in [-0.05, 0) is 25.3 Å². The highest BCUT2D eigenvalue weighted by Gasteiger charge is 2.46. The first kappa shape index (κ1) is 28.2. The fourth-order valence-electron chi connectivity index (χ4n) is 4.60. The fraction of sp³-hybridized carbons (Fsp3) is 0.680. The molecule has 1 heterocycles. The molecule has 1 aromatic rings. The molecule has 1 saturated carbocycles. The number of halogens is 2. The highest BCUT2D eigenvalue weighted by Crippen LogP contribution is 2.34. The van der Waals surface area contributed by atoms with Gasteiger partial charge in [0.25, 0.3) is 0 Å². The second-order valence-electron chi connectivity index (χ2n) is 9.08. The van der Waals surface area contributed by atoms with E-state index in [9.17, 15) is 14.7 Å². The van der Waals surface area contributed by atoms with Gasteiger partial charge in [0.1, 0.15) is 6.04 Å². The van der Waals surface area contributed by atoms with E-state index in [-0.39, 0.29) is 19.4 Å². The van der Waals surface area contributed by atoms with Gasteiger partial charge in [0.2, 0.25) is 5.91 Å². The van der Waals surface area contributed by atoms with Crippen LogP contribution in [0.1, 0.15) is 25.3 Å². The maximum atomic E-state index is 13.1. The van der Waals surface area contributed by atoms with Crippen molar-refractivity contribution in [1.29, 1.82) is 0 Å². The SMILES string of the molecule is CCOC(=O)[C@H](Cc1ccccc1)NC(=O)C1CC(Cl)C(OCCCN2CCNCC2)C(Cl)C1O. The molecule has 1 aromatic carbocycles. The van der Waals surface area contributed by atoms with Gasteiger partial charge in [-0.15, -0.1) is 23.2 Å². The van der Waals surface area contributed by atoms with Gasteiger partial charge in [-0.1, -0.05) is 30.3 Å². The Balaban J connectivity index is 1.53. The Morgan fingerprint density at radius 2 is 1.94 bits per heavy atom. The summed E-state index contributed by atoms with van der Waals surface area (Å²) in [4.78, 5) is 28.0. The molecule has 3 N–H and O–H groups in total. The van der Waals surface area contributed by atoms with E-state index in [1.165, 1.54) is 0 Å². The number of hydrogen-bond acceptors (Lipinski definition) is 7. The molecule has 3 rings (SSSR count). The molecule has 10 heteroatoms. The van der Waals surface area contributed by atoms with Crippen LogP contribution in [-0.4, -0.2) is 96.8 Å². The zero-order chi connectivity index (χ0) is 25.2. The molecule has 0 aromatic heterocycles. The first-order valence-electron chi connectivity index (χ1n) is 12.4. The smallest absolute Gasteiger partial charge is 0.328 e. The quantitative estimate of drug-likeness (QED) is 0.227. The molecule has 5 unspecified atom stereocenters. The number of alkyl halides is 2. The molecule has 2 fully saturated rings. The molecular weight excluding hydrogens is 493 g/mol. The summed E-state index contributed by atoms with van der Waals surface area (Å²) < 4.78 is 11.1. The van der Waals surface area contributed by atoms with Gasteiger partial charge in [0.15, 0.2) is 0 Å². The van der Waals surface area contributed by atoms with E-state index < -0.39 is 46.8 Å². The molecule has 0 bridgehead atoms. The number of ether oxygens (including phenoxy) is 2. The number of carbonyl (C=O) groups is 2. The average molecular weight is 530 g/mol. The van der Waals surface area contributed by atoms with E-state index in [2.05, 4.69) is 15.5 Å². The van der Waals surface area contributed by atoms with Crippen LogP contribution in [0, 0.1) is 5.92 Å². The minimum atomic E-state index is -1.15. The van der Waals surface area contributed by atoms with Crippen LogP contribution in [-0.2, 0) is 25.5 Å². The van der Waals surface area contributed by atoms with Crippen LogP contribution in [0.25, 0.3) is 0 Å². The Hall–Kier alpha value is -1.42. The molecule has 35 heavy (non-hydrogen) atoms. The molecule has 0 radical (unpaired) electrons. The lowest BCUT2D eigenvalue weighted by atomic mass is 9.83. The van der Waals surface area contributed by atoms with Crippen molar-refractivity contribution in [3.05, 3.63) is 35.9 Å². The van der Waals surface area contributed by atoms with Crippen molar-refractivity contribution in [1.82, 2.24) is 15.5 Å². The van der Waals surface area contributed by atoms with Crippen molar-refractivity contribution in [2.24, 2.45) is 5.92 Å². The topological polar surface area (TPSA) is 100 Å². The lowest BCUT2D eigenvalue weighted by molar-refractivity contribution is -0.149. The summed E-state index contributed by atoms with van der Waals surface area (Å²) in [6.07, 6.45) is -0.400. The number of piperazine rings is 1. The predicted octanol–water partition coefficient (Wildman–Crippen LogP) is 1.55. The highest BCUT2D eigenvalue weighted by atomic mass is 35.5. The van der Waals surface area contributed by atoms with Crippen LogP contribution < -0.4 is 10.6 Å². The van der Waals surface area contributed by atoms with Crippen molar-refractivity contribution in [3.8, 4) is 0 Å². The third-order valence-corrected chi connectivity index (χ3v) is 7.47. The van der Waals surface area contributed by atoms with Gasteiger partial charge in [0.05, 0.1) is 35.5 Å². The lowest BCUT2D eigenvalue weighted by Crippen LogP contribution is -2.56. The van der Waals surface area contributed by atoms with Crippen LogP contribution in [0.15, 0.2) is 30.3 Å². The number of nitrogens with one attached hydrogen (secondary N) is 2. The van der Waals surface area contributed by atoms with E-state index >= 15 is 0 Å². The van der Waals surface area contributed by atoms with Crippen molar-refractivity contribution in [2.45, 2.75) is 55.2 Å². The maximum Gasteiger partial charge on any atom is 0.328 e. The number of aliphatic hydroxyl groups is 1. The van der Waals surface area contributed by atoms with Crippen LogP contribution in [0.4, 0.5) is 0 Å². The number of rotatable bonds is 11. The summed E-state index contributed by atoms with van der Waals surface area (Å²) in [5.74, 6) is -1.85. The Morgan fingerprint density at radius 3 is 2.63 bits per heavy atom. The van der Waals surface area contributed by atoms with Crippen molar-refractivity contribution in [2.75, 3.05) is 45.9 Å². The largest absolute Gasteiger partial charge is 0.464 e. The van der Waals surface area contributed by atoms with Gasteiger partial charge in [-0.3, -0.25) is 4.79 Å². The molecule has 2 aliphatic rings. The molecule has 1 saturated heterocycles. The number of nitrogens with zero attached hydrogens (tertiary/aromatic N) is 1. The monoisotopic (exact) mass is 529 g/mol. The van der Waals surface area contributed by atoms with Crippen LogP contribution in [0.5, 0.6) is 0 Å². The number of hydrogen-bond donors (Lipinski definition) is 3. The zero-order valence-corrected chi connectivity index (χ0v) is 21.7. The molecule has 1 aliphatic heterocycles. The Kier molecular flexibility index (Phi) is 11.5. The molecule has 8 nitrogen and oxygen atoms in total. The van der Waals surface area contributed by atoms with Gasteiger partial charge in [-0.25, -0.2) is 4.79 Å². The first-order valence-corrected chi connectivity index (χ1v) is 13.3. The van der Waals surface area contributed by atoms with Gasteiger partial charge < -0.3 is 30.1 Å². The number of esters is 1. The summed E-state index contributed by atoms with van der Waals surface area (Å²) in [5.41, 5.74) is 0.884. The molecular formula is C25H37Cl2N3O5. The second-order valence-corrected chi connectivity index (χ2v) is 10.1. The van der Waals surface area contributed by atoms with E-state index in [1.807, 2.05) is 30.3 Å². The molecule has 1 aliphatic carbocycles. The maximum absolute atomic E-state index is 13.1. The van der Waals surface area contributed by atoms with Gasteiger partial charge in [0, 0.05) is 45.8 Å². The van der Waals surface area contributed by atoms with E-state index in [4.69, 9.17) is 32.7 Å². The number of carbonyl (C=O) groups excluding carboxylic acids is 2. The average Bonchev–Trinajstić information content (AvgIpc) is 2.86. The zero-order valence-electron chi connectivity index (χ0n) is 20.2. The van der Waals surface area contributed by atoms with Crippen molar-refractivity contribution < 1.29 is 24.2 Å². The van der Waals surface area contributed by atoms with Crippen molar-refractivity contribution in [3.63, 3.8) is 0 Å². The number of amides is 1. The molecule has 0 spiro atoms. The Morgan fingerprint density at radius 1 is 1.23 bits per heavy atom. The summed E-state index contributed by atoms with van der Waals surface area (Å²) in [6, 6.07) is 8.49. The van der Waals surface area contributed by atoms with E-state index in [1.54, 1.807) is 6.92 Å². The highest BCUT2D eigenvalue weighted by molar-refractivity contribution is 6.25. The fourth-order valence-corrected chi connectivity index (χ4v) is 5.52. The Labute approximate surface area is 217 Å². The summed E-state index contributed by atoms with van der Waals surface area (Å²) in [7, 11) is 0. The van der Waals surface area contributed by atoms with E-state index in [0.29, 0.717) is 6.61 Å². The van der Waals surface area contributed by atoms with E-state index in [0.717, 1.165) is 44.7 Å². The third kappa shape index (κ3) is 8.30. The molecule has 6 atom stereocenters. The summed E-state index contributed by atoms with van der Waals surface area (Å²) in [5, 5.41) is 15.5. The number of aliphatic hydroxyl groups excluding tert-OH is 1. The third-order valence-electron chi connectivity index (χ3n) is 6.53. The molecule has 196 valence electrons. The van der Waals surface area contributed by atoms with Crippen LogP contribution in [0.2, 0.25) is 0 Å². The number of benzene rings is 1. The van der Waals surface area contributed by atoms with Crippen molar-refractivity contribution >= 4 is 35.1 Å². The Bertz CT molecular complexity index is 797.